The lowest BCUT2D eigenvalue weighted by atomic mass is 9.68. The number of ether oxygens (including phenoxy) is 5. The Hall–Kier alpha value is -1.77. The Bertz CT molecular complexity index is 874. The Balaban J connectivity index is 1.74. The molecule has 6 nitrogen and oxygen atoms in total. The van der Waals surface area contributed by atoms with Gasteiger partial charge in [-0.3, -0.25) is 0 Å². The second-order valence-electron chi connectivity index (χ2n) is 9.12. The molecular formula is C28H40O6S. The van der Waals surface area contributed by atoms with E-state index in [0.29, 0.717) is 18.9 Å². The molecule has 1 N–H and O–H groups in total. The molecule has 2 aromatic carbocycles. The number of rotatable bonds is 16. The Morgan fingerprint density at radius 1 is 0.886 bits per heavy atom. The van der Waals surface area contributed by atoms with Crippen molar-refractivity contribution in [1.82, 2.24) is 0 Å². The second kappa shape index (κ2) is 14.7. The van der Waals surface area contributed by atoms with Gasteiger partial charge >= 0.3 is 0 Å². The summed E-state index contributed by atoms with van der Waals surface area (Å²) in [6.07, 6.45) is 5.14. The maximum atomic E-state index is 8.88. The van der Waals surface area contributed by atoms with Crippen molar-refractivity contribution in [2.24, 2.45) is 0 Å². The summed E-state index contributed by atoms with van der Waals surface area (Å²) >= 11 is 1.90. The minimum atomic E-state index is 0.00395. The number of methoxy groups -OCH3 is 2. The largest absolute Gasteiger partial charge is 0.468 e. The van der Waals surface area contributed by atoms with Crippen LogP contribution in [-0.4, -0.2) is 58.5 Å². The molecule has 2 atom stereocenters. The molecule has 3 rings (SSSR count). The van der Waals surface area contributed by atoms with E-state index in [2.05, 4.69) is 37.3 Å². The van der Waals surface area contributed by atoms with Gasteiger partial charge in [-0.2, -0.15) is 0 Å². The zero-order valence-electron chi connectivity index (χ0n) is 21.3. The van der Waals surface area contributed by atoms with Crippen LogP contribution < -0.4 is 9.47 Å². The smallest absolute Gasteiger partial charge is 0.188 e. The van der Waals surface area contributed by atoms with Crippen molar-refractivity contribution < 1.29 is 28.8 Å². The van der Waals surface area contributed by atoms with Gasteiger partial charge in [-0.15, -0.1) is 11.8 Å². The third-order valence-corrected chi connectivity index (χ3v) is 7.99. The predicted octanol–water partition coefficient (Wildman–Crippen LogP) is 5.76. The number of hydrogen-bond acceptors (Lipinski definition) is 7. The van der Waals surface area contributed by atoms with Crippen molar-refractivity contribution in [2.75, 3.05) is 53.4 Å². The van der Waals surface area contributed by atoms with Crippen LogP contribution in [0.25, 0.3) is 0 Å². The molecule has 194 valence electrons. The van der Waals surface area contributed by atoms with E-state index in [0.717, 1.165) is 49.5 Å². The van der Waals surface area contributed by atoms with Crippen LogP contribution in [0.3, 0.4) is 0 Å². The van der Waals surface area contributed by atoms with E-state index in [1.807, 2.05) is 23.9 Å². The lowest BCUT2D eigenvalue weighted by Crippen LogP contribution is -2.36. The third kappa shape index (κ3) is 7.86. The van der Waals surface area contributed by atoms with Crippen LogP contribution in [0.1, 0.15) is 56.1 Å². The first-order valence-corrected chi connectivity index (χ1v) is 13.4. The fraction of sp³-hybridized carbons (Fsp3) is 0.571. The topological polar surface area (TPSA) is 66.4 Å². The normalized spacial score (nSPS) is 19.4. The Labute approximate surface area is 214 Å². The number of aliphatic hydroxyl groups excluding tert-OH is 1. The summed E-state index contributed by atoms with van der Waals surface area (Å²) in [4.78, 5) is 1.30. The third-order valence-electron chi connectivity index (χ3n) is 6.59. The molecule has 7 heteroatoms. The number of aliphatic hydroxyl groups is 1. The quantitative estimate of drug-likeness (QED) is 0.230. The molecule has 0 saturated carbocycles. The number of hydrogen-bond donors (Lipinski definition) is 1. The van der Waals surface area contributed by atoms with E-state index < -0.39 is 0 Å². The minimum absolute atomic E-state index is 0.00395. The van der Waals surface area contributed by atoms with Crippen molar-refractivity contribution >= 4 is 11.8 Å². The van der Waals surface area contributed by atoms with Crippen LogP contribution in [0.5, 0.6) is 11.5 Å². The first-order chi connectivity index (χ1) is 17.1. The summed E-state index contributed by atoms with van der Waals surface area (Å²) in [5, 5.41) is 8.88. The second-order valence-corrected chi connectivity index (χ2v) is 10.1. The van der Waals surface area contributed by atoms with Crippen molar-refractivity contribution in [1.29, 1.82) is 0 Å². The van der Waals surface area contributed by atoms with Crippen molar-refractivity contribution in [2.45, 2.75) is 55.3 Å². The molecule has 0 bridgehead atoms. The van der Waals surface area contributed by atoms with Crippen LogP contribution in [0.2, 0.25) is 0 Å². The number of benzene rings is 2. The SMILES string of the molecule is COCOc1ccc(C2(C)CSc3cc(OCOC)ccc3C2CCCCCOCCCO)cc1. The molecule has 35 heavy (non-hydrogen) atoms. The average Bonchev–Trinajstić information content (AvgIpc) is 2.89. The van der Waals surface area contributed by atoms with Gasteiger partial charge in [0.2, 0.25) is 0 Å². The van der Waals surface area contributed by atoms with Crippen LogP contribution in [0, 0.1) is 0 Å². The highest BCUT2D eigenvalue weighted by molar-refractivity contribution is 7.99. The van der Waals surface area contributed by atoms with Gasteiger partial charge in [0.1, 0.15) is 11.5 Å². The molecule has 2 unspecified atom stereocenters. The van der Waals surface area contributed by atoms with Crippen LogP contribution in [-0.2, 0) is 19.6 Å². The molecule has 0 fully saturated rings. The van der Waals surface area contributed by atoms with Gasteiger partial charge in [-0.05, 0) is 60.6 Å². The van der Waals surface area contributed by atoms with E-state index in [1.54, 1.807) is 14.2 Å². The molecule has 1 aliphatic rings. The molecule has 0 spiro atoms. The molecule has 0 radical (unpaired) electrons. The monoisotopic (exact) mass is 504 g/mol. The fourth-order valence-corrected chi connectivity index (χ4v) is 6.03. The number of unbranched alkanes of at least 4 members (excludes halogenated alkanes) is 2. The number of thioether (sulfide) groups is 1. The first kappa shape index (κ1) is 27.8. The number of fused-ring (bicyclic) bond motifs is 1. The highest BCUT2D eigenvalue weighted by Gasteiger charge is 2.41. The van der Waals surface area contributed by atoms with Gasteiger partial charge in [0.15, 0.2) is 13.6 Å². The Kier molecular flexibility index (Phi) is 11.7. The maximum absolute atomic E-state index is 8.88. The average molecular weight is 505 g/mol. The first-order valence-electron chi connectivity index (χ1n) is 12.4. The fourth-order valence-electron chi connectivity index (χ4n) is 4.63. The summed E-state index contributed by atoms with van der Waals surface area (Å²) in [5.41, 5.74) is 2.73. The highest BCUT2D eigenvalue weighted by Crippen LogP contribution is 2.52. The molecular weight excluding hydrogens is 464 g/mol. The van der Waals surface area contributed by atoms with E-state index in [1.165, 1.54) is 16.0 Å². The molecule has 1 aliphatic heterocycles. The van der Waals surface area contributed by atoms with Crippen molar-refractivity contribution in [3.63, 3.8) is 0 Å². The molecule has 0 aliphatic carbocycles. The minimum Gasteiger partial charge on any atom is -0.468 e. The summed E-state index contributed by atoms with van der Waals surface area (Å²) < 4.78 is 27.0. The van der Waals surface area contributed by atoms with E-state index >= 15 is 0 Å². The van der Waals surface area contributed by atoms with Gasteiger partial charge in [0.25, 0.3) is 0 Å². The molecule has 2 aromatic rings. The van der Waals surface area contributed by atoms with Crippen molar-refractivity contribution in [3.8, 4) is 11.5 Å². The van der Waals surface area contributed by atoms with Gasteiger partial charge in [0.05, 0.1) is 0 Å². The summed E-state index contributed by atoms with van der Waals surface area (Å²) in [5.74, 6) is 3.07. The summed E-state index contributed by atoms with van der Waals surface area (Å²) in [6, 6.07) is 15.0. The Morgan fingerprint density at radius 3 is 2.29 bits per heavy atom. The zero-order valence-corrected chi connectivity index (χ0v) is 22.1. The summed E-state index contributed by atoms with van der Waals surface area (Å²) in [6.45, 7) is 4.49. The molecule has 0 saturated heterocycles. The lowest BCUT2D eigenvalue weighted by Gasteiger charge is -2.43. The zero-order chi connectivity index (χ0) is 24.9. The predicted molar refractivity (Wildman–Crippen MR) is 140 cm³/mol. The Morgan fingerprint density at radius 2 is 1.57 bits per heavy atom. The maximum Gasteiger partial charge on any atom is 0.188 e. The van der Waals surface area contributed by atoms with Crippen molar-refractivity contribution in [3.05, 3.63) is 53.6 Å². The molecule has 0 aromatic heterocycles. The van der Waals surface area contributed by atoms with Gasteiger partial charge in [0, 0.05) is 50.1 Å². The van der Waals surface area contributed by atoms with Gasteiger partial charge in [-0.25, -0.2) is 0 Å². The van der Waals surface area contributed by atoms with Crippen LogP contribution in [0.15, 0.2) is 47.4 Å². The van der Waals surface area contributed by atoms with E-state index in [-0.39, 0.29) is 25.6 Å². The van der Waals surface area contributed by atoms with E-state index in [9.17, 15) is 0 Å². The molecule has 0 amide bonds. The standard InChI is InChI=1S/C28H40O6S/c1-28(22-9-11-23(12-10-22)33-20-30-2)19-35-27-18-24(34-21-31-3)13-14-25(27)26(28)8-5-4-6-16-32-17-7-15-29/h9-14,18,26,29H,4-8,15-17,19-21H2,1-3H3. The van der Waals surface area contributed by atoms with Gasteiger partial charge < -0.3 is 28.8 Å². The molecule has 1 heterocycles. The van der Waals surface area contributed by atoms with Crippen LogP contribution >= 0.6 is 11.8 Å². The summed E-state index contributed by atoms with van der Waals surface area (Å²) in [7, 11) is 3.27. The highest BCUT2D eigenvalue weighted by atomic mass is 32.2. The van der Waals surface area contributed by atoms with Gasteiger partial charge in [-0.1, -0.05) is 38.0 Å². The van der Waals surface area contributed by atoms with E-state index in [4.69, 9.17) is 28.8 Å². The lowest BCUT2D eigenvalue weighted by molar-refractivity contribution is 0.0508. The van der Waals surface area contributed by atoms with Crippen LogP contribution in [0.4, 0.5) is 0 Å².